The predicted octanol–water partition coefficient (Wildman–Crippen LogP) is 4.23. The van der Waals surface area contributed by atoms with Crippen molar-refractivity contribution in [3.8, 4) is 11.1 Å². The summed E-state index contributed by atoms with van der Waals surface area (Å²) in [6.07, 6.45) is 7.43. The van der Waals surface area contributed by atoms with Gasteiger partial charge in [0.25, 0.3) is 5.91 Å². The summed E-state index contributed by atoms with van der Waals surface area (Å²) in [5.74, 6) is 0.645. The monoisotopic (exact) mass is 427 g/mol. The normalized spacial score (nSPS) is 14.0. The lowest BCUT2D eigenvalue weighted by Gasteiger charge is -2.26. The van der Waals surface area contributed by atoms with Gasteiger partial charge in [-0.1, -0.05) is 18.2 Å². The Labute approximate surface area is 186 Å². The van der Waals surface area contributed by atoms with Crippen LogP contribution in [0.3, 0.4) is 0 Å². The molecule has 7 heteroatoms. The highest BCUT2D eigenvalue weighted by atomic mass is 16.5. The molecule has 1 aliphatic rings. The summed E-state index contributed by atoms with van der Waals surface area (Å²) < 4.78 is 7.34. The number of fused-ring (bicyclic) bond motifs is 1. The molecule has 1 aliphatic heterocycles. The van der Waals surface area contributed by atoms with Crippen LogP contribution in [0, 0.1) is 13.8 Å². The zero-order chi connectivity index (χ0) is 22.1. The van der Waals surface area contributed by atoms with E-state index in [0.29, 0.717) is 37.7 Å². The third-order valence-corrected chi connectivity index (χ3v) is 5.97. The Balaban J connectivity index is 1.44. The molecule has 1 fully saturated rings. The minimum absolute atomic E-state index is 0.0140. The topological polar surface area (TPSA) is 71.8 Å². The molecule has 1 saturated heterocycles. The molecule has 0 bridgehead atoms. The molecule has 162 valence electrons. The van der Waals surface area contributed by atoms with Crippen LogP contribution in [0.1, 0.15) is 21.5 Å². The first-order valence-corrected chi connectivity index (χ1v) is 10.7. The largest absolute Gasteiger partial charge is 0.378 e. The summed E-state index contributed by atoms with van der Waals surface area (Å²) in [5, 5.41) is 3.38. The number of anilines is 2. The van der Waals surface area contributed by atoms with Crippen LogP contribution >= 0.6 is 0 Å². The molecule has 32 heavy (non-hydrogen) atoms. The highest BCUT2D eigenvalue weighted by molar-refractivity contribution is 5.94. The fraction of sp³-hybridized carbons (Fsp3) is 0.240. The zero-order valence-electron chi connectivity index (χ0n) is 18.2. The summed E-state index contributed by atoms with van der Waals surface area (Å²) in [7, 11) is 0. The first-order chi connectivity index (χ1) is 15.6. The Morgan fingerprint density at radius 2 is 1.94 bits per heavy atom. The summed E-state index contributed by atoms with van der Waals surface area (Å²) in [4.78, 5) is 23.5. The van der Waals surface area contributed by atoms with Gasteiger partial charge < -0.3 is 19.4 Å². The third-order valence-electron chi connectivity index (χ3n) is 5.97. The van der Waals surface area contributed by atoms with Crippen LogP contribution in [-0.4, -0.2) is 51.5 Å². The number of nitrogens with zero attached hydrogens (tertiary/aromatic N) is 4. The van der Waals surface area contributed by atoms with Crippen LogP contribution in [0.2, 0.25) is 0 Å². The number of pyridine rings is 2. The van der Waals surface area contributed by atoms with Crippen LogP contribution in [0.25, 0.3) is 16.8 Å². The number of amides is 1. The Morgan fingerprint density at radius 3 is 2.72 bits per heavy atom. The van der Waals surface area contributed by atoms with Gasteiger partial charge in [0.15, 0.2) is 5.65 Å². The van der Waals surface area contributed by atoms with E-state index in [-0.39, 0.29) is 5.91 Å². The number of rotatable bonds is 4. The predicted molar refractivity (Wildman–Crippen MR) is 124 cm³/mol. The van der Waals surface area contributed by atoms with E-state index in [1.807, 2.05) is 22.7 Å². The number of benzene rings is 1. The van der Waals surface area contributed by atoms with Crippen molar-refractivity contribution in [3.63, 3.8) is 0 Å². The smallest absolute Gasteiger partial charge is 0.255 e. The lowest BCUT2D eigenvalue weighted by molar-refractivity contribution is 0.0302. The fourth-order valence-electron chi connectivity index (χ4n) is 4.02. The quantitative estimate of drug-likeness (QED) is 0.528. The number of nitrogens with one attached hydrogen (secondary N) is 1. The summed E-state index contributed by atoms with van der Waals surface area (Å²) in [6.45, 7) is 6.65. The van der Waals surface area contributed by atoms with E-state index in [1.54, 1.807) is 17.3 Å². The van der Waals surface area contributed by atoms with Gasteiger partial charge in [0.05, 0.1) is 24.5 Å². The molecule has 1 amide bonds. The molecule has 1 N–H and O–H groups in total. The molecule has 4 aromatic rings. The van der Waals surface area contributed by atoms with E-state index >= 15 is 0 Å². The van der Waals surface area contributed by atoms with Crippen LogP contribution in [0.4, 0.5) is 11.5 Å². The number of morpholine rings is 1. The molecule has 7 nitrogen and oxygen atoms in total. The van der Waals surface area contributed by atoms with Gasteiger partial charge in [0.2, 0.25) is 0 Å². The van der Waals surface area contributed by atoms with Crippen molar-refractivity contribution in [3.05, 3.63) is 77.9 Å². The molecule has 0 saturated carbocycles. The number of ether oxygens (including phenoxy) is 1. The number of imidazole rings is 1. The van der Waals surface area contributed by atoms with E-state index in [4.69, 9.17) is 4.74 Å². The van der Waals surface area contributed by atoms with Gasteiger partial charge in [0, 0.05) is 43.4 Å². The first-order valence-electron chi connectivity index (χ1n) is 10.7. The molecule has 0 atom stereocenters. The van der Waals surface area contributed by atoms with E-state index in [1.165, 1.54) is 16.7 Å². The molecule has 0 radical (unpaired) electrons. The second-order valence-electron chi connectivity index (χ2n) is 8.01. The molecule has 0 aliphatic carbocycles. The molecule has 0 unspecified atom stereocenters. The van der Waals surface area contributed by atoms with Gasteiger partial charge in [-0.3, -0.25) is 4.79 Å². The molecule has 3 aromatic heterocycles. The number of aryl methyl sites for hydroxylation is 1. The number of carbonyl (C=O) groups excluding carboxylic acids is 1. The molecule has 5 rings (SSSR count). The van der Waals surface area contributed by atoms with Crippen LogP contribution in [0.15, 0.2) is 61.2 Å². The Morgan fingerprint density at radius 1 is 1.09 bits per heavy atom. The number of carbonyl (C=O) groups is 1. The molecular formula is C25H25N5O2. The minimum Gasteiger partial charge on any atom is -0.378 e. The highest BCUT2D eigenvalue weighted by Gasteiger charge is 2.19. The standard InChI is InChI=1S/C25H25N5O2/c1-17-4-3-5-21(18(17)2)20-14-22(24-26-8-9-30(24)16-20)28-23-7-6-19(15-27-23)25(31)29-10-12-32-13-11-29/h3-9,14-16H,10-13H2,1-2H3,(H,27,28). The van der Waals surface area contributed by atoms with Crippen molar-refractivity contribution in [2.24, 2.45) is 0 Å². The maximum Gasteiger partial charge on any atom is 0.255 e. The van der Waals surface area contributed by atoms with E-state index in [0.717, 1.165) is 16.9 Å². The SMILES string of the molecule is Cc1cccc(-c2cc(Nc3ccc(C(=O)N4CCOCC4)cn3)c3nccn3c2)c1C. The van der Waals surface area contributed by atoms with Crippen molar-refractivity contribution in [1.29, 1.82) is 0 Å². The molecule has 1 aromatic carbocycles. The van der Waals surface area contributed by atoms with Gasteiger partial charge in [-0.2, -0.15) is 0 Å². The fourth-order valence-corrected chi connectivity index (χ4v) is 4.02. The van der Waals surface area contributed by atoms with Crippen molar-refractivity contribution in [2.75, 3.05) is 31.6 Å². The average Bonchev–Trinajstić information content (AvgIpc) is 3.31. The van der Waals surface area contributed by atoms with Crippen LogP contribution < -0.4 is 5.32 Å². The number of aromatic nitrogens is 3. The lowest BCUT2D eigenvalue weighted by atomic mass is 9.98. The van der Waals surface area contributed by atoms with Gasteiger partial charge in [-0.25, -0.2) is 9.97 Å². The highest BCUT2D eigenvalue weighted by Crippen LogP contribution is 2.30. The first kappa shape index (κ1) is 20.2. The Hall–Kier alpha value is -3.71. The Bertz CT molecular complexity index is 1270. The summed E-state index contributed by atoms with van der Waals surface area (Å²) in [5.41, 5.74) is 7.03. The van der Waals surface area contributed by atoms with E-state index in [2.05, 4.69) is 59.6 Å². The number of hydrogen-bond donors (Lipinski definition) is 1. The van der Waals surface area contributed by atoms with Crippen molar-refractivity contribution in [2.45, 2.75) is 13.8 Å². The molecule has 4 heterocycles. The van der Waals surface area contributed by atoms with Crippen LogP contribution in [-0.2, 0) is 4.74 Å². The summed E-state index contributed by atoms with van der Waals surface area (Å²) >= 11 is 0. The van der Waals surface area contributed by atoms with Gasteiger partial charge in [-0.05, 0) is 48.7 Å². The molecule has 0 spiro atoms. The van der Waals surface area contributed by atoms with Crippen LogP contribution in [0.5, 0.6) is 0 Å². The molecular weight excluding hydrogens is 402 g/mol. The second kappa shape index (κ2) is 8.43. The zero-order valence-corrected chi connectivity index (χ0v) is 18.2. The van der Waals surface area contributed by atoms with E-state index in [9.17, 15) is 4.79 Å². The number of hydrogen-bond acceptors (Lipinski definition) is 5. The Kier molecular flexibility index (Phi) is 5.33. The van der Waals surface area contributed by atoms with E-state index < -0.39 is 0 Å². The summed E-state index contributed by atoms with van der Waals surface area (Å²) in [6, 6.07) is 12.1. The second-order valence-corrected chi connectivity index (χ2v) is 8.01. The van der Waals surface area contributed by atoms with Gasteiger partial charge >= 0.3 is 0 Å². The average molecular weight is 428 g/mol. The van der Waals surface area contributed by atoms with Crippen molar-refractivity contribution >= 4 is 23.1 Å². The maximum absolute atomic E-state index is 12.7. The lowest BCUT2D eigenvalue weighted by Crippen LogP contribution is -2.40. The van der Waals surface area contributed by atoms with Gasteiger partial charge in [0.1, 0.15) is 5.82 Å². The third kappa shape index (κ3) is 3.83. The van der Waals surface area contributed by atoms with Gasteiger partial charge in [-0.15, -0.1) is 0 Å². The minimum atomic E-state index is -0.0140. The van der Waals surface area contributed by atoms with Crippen molar-refractivity contribution < 1.29 is 9.53 Å². The van der Waals surface area contributed by atoms with Crippen molar-refractivity contribution in [1.82, 2.24) is 19.3 Å². The maximum atomic E-state index is 12.7.